The van der Waals surface area contributed by atoms with Crippen molar-refractivity contribution in [1.29, 1.82) is 0 Å². The molecular formula is C15H13BrClNO2S. The third kappa shape index (κ3) is 4.09. The molecule has 2 aromatic carbocycles. The largest absolute Gasteiger partial charge is 0.496 e. The van der Waals surface area contributed by atoms with Gasteiger partial charge < -0.3 is 15.2 Å². The van der Waals surface area contributed by atoms with E-state index in [4.69, 9.17) is 39.0 Å². The number of rotatable bonds is 5. The highest BCUT2D eigenvalue weighted by molar-refractivity contribution is 9.10. The fraction of sp³-hybridized carbons (Fsp3) is 0.133. The van der Waals surface area contributed by atoms with Gasteiger partial charge in [-0.25, -0.2) is 0 Å². The molecular weight excluding hydrogens is 374 g/mol. The summed E-state index contributed by atoms with van der Waals surface area (Å²) in [6.45, 7) is 0.389. The minimum absolute atomic E-state index is 0.293. The van der Waals surface area contributed by atoms with E-state index in [1.54, 1.807) is 19.2 Å². The van der Waals surface area contributed by atoms with Crippen LogP contribution >= 0.6 is 39.7 Å². The van der Waals surface area contributed by atoms with Gasteiger partial charge >= 0.3 is 0 Å². The molecule has 0 amide bonds. The van der Waals surface area contributed by atoms with Crippen molar-refractivity contribution < 1.29 is 9.47 Å². The molecule has 2 rings (SSSR count). The van der Waals surface area contributed by atoms with Crippen LogP contribution in [0, 0.1) is 0 Å². The van der Waals surface area contributed by atoms with Gasteiger partial charge in [0.05, 0.1) is 17.1 Å². The highest BCUT2D eigenvalue weighted by Crippen LogP contribution is 2.29. The van der Waals surface area contributed by atoms with E-state index in [1.165, 1.54) is 0 Å². The molecule has 0 heterocycles. The van der Waals surface area contributed by atoms with Crippen molar-refractivity contribution >= 4 is 44.7 Å². The number of halogens is 2. The van der Waals surface area contributed by atoms with Crippen LogP contribution in [-0.2, 0) is 6.61 Å². The molecule has 0 saturated heterocycles. The van der Waals surface area contributed by atoms with Gasteiger partial charge in [0.2, 0.25) is 0 Å². The fourth-order valence-electron chi connectivity index (χ4n) is 1.79. The summed E-state index contributed by atoms with van der Waals surface area (Å²) >= 11 is 14.3. The summed E-state index contributed by atoms with van der Waals surface area (Å²) < 4.78 is 11.8. The average Bonchev–Trinajstić information content (AvgIpc) is 2.46. The summed E-state index contributed by atoms with van der Waals surface area (Å²) in [5.41, 5.74) is 7.34. The fourth-order valence-corrected chi connectivity index (χ4v) is 2.75. The van der Waals surface area contributed by atoms with Crippen molar-refractivity contribution in [2.75, 3.05) is 7.11 Å². The summed E-state index contributed by atoms with van der Waals surface area (Å²) in [6.07, 6.45) is 0. The highest BCUT2D eigenvalue weighted by atomic mass is 79.9. The number of hydrogen-bond donors (Lipinski definition) is 1. The molecule has 0 radical (unpaired) electrons. The Bertz CT molecular complexity index is 679. The van der Waals surface area contributed by atoms with E-state index in [1.807, 2.05) is 24.3 Å². The van der Waals surface area contributed by atoms with E-state index < -0.39 is 0 Å². The maximum absolute atomic E-state index is 5.90. The Morgan fingerprint density at radius 3 is 2.57 bits per heavy atom. The van der Waals surface area contributed by atoms with Crippen LogP contribution in [0.4, 0.5) is 0 Å². The highest BCUT2D eigenvalue weighted by Gasteiger charge is 2.08. The number of hydrogen-bond acceptors (Lipinski definition) is 3. The van der Waals surface area contributed by atoms with Gasteiger partial charge in [0.1, 0.15) is 23.1 Å². The molecule has 0 bridgehead atoms. The lowest BCUT2D eigenvalue weighted by molar-refractivity contribution is 0.304. The lowest BCUT2D eigenvalue weighted by Crippen LogP contribution is -2.12. The maximum atomic E-state index is 5.90. The van der Waals surface area contributed by atoms with Crippen molar-refractivity contribution in [2.45, 2.75) is 6.61 Å². The third-order valence-electron chi connectivity index (χ3n) is 2.82. The zero-order valence-electron chi connectivity index (χ0n) is 11.2. The van der Waals surface area contributed by atoms with E-state index >= 15 is 0 Å². The van der Waals surface area contributed by atoms with E-state index in [2.05, 4.69) is 15.9 Å². The van der Waals surface area contributed by atoms with Gasteiger partial charge in [0.15, 0.2) is 0 Å². The molecule has 0 aliphatic carbocycles. The van der Waals surface area contributed by atoms with Crippen LogP contribution < -0.4 is 15.2 Å². The molecule has 0 aliphatic rings. The van der Waals surface area contributed by atoms with Crippen molar-refractivity contribution in [3.05, 3.63) is 57.0 Å². The molecule has 21 heavy (non-hydrogen) atoms. The zero-order valence-corrected chi connectivity index (χ0v) is 14.4. The minimum atomic E-state index is 0.293. The third-order valence-corrected chi connectivity index (χ3v) is 3.89. The van der Waals surface area contributed by atoms with E-state index in [-0.39, 0.29) is 0 Å². The number of benzene rings is 2. The Kier molecular flexibility index (Phi) is 5.45. The van der Waals surface area contributed by atoms with Crippen LogP contribution in [0.2, 0.25) is 5.02 Å². The summed E-state index contributed by atoms with van der Waals surface area (Å²) in [7, 11) is 1.58. The molecule has 0 atom stereocenters. The monoisotopic (exact) mass is 385 g/mol. The zero-order chi connectivity index (χ0) is 15.4. The topological polar surface area (TPSA) is 44.5 Å². The standard InChI is InChI=1S/C15H13BrClNO2S/c1-19-13-4-2-9(6-11(13)15(18)21)8-20-14-5-3-10(17)7-12(14)16/h2-7H,8H2,1H3,(H2,18,21). The molecule has 0 fully saturated rings. The lowest BCUT2D eigenvalue weighted by Gasteiger charge is -2.11. The van der Waals surface area contributed by atoms with Gasteiger partial charge in [-0.3, -0.25) is 0 Å². The van der Waals surface area contributed by atoms with Crippen LogP contribution in [0.15, 0.2) is 40.9 Å². The SMILES string of the molecule is COc1ccc(COc2ccc(Cl)cc2Br)cc1C(N)=S. The summed E-state index contributed by atoms with van der Waals surface area (Å²) in [4.78, 5) is 0.293. The molecule has 0 aromatic heterocycles. The van der Waals surface area contributed by atoms with Gasteiger partial charge in [-0.05, 0) is 51.8 Å². The Morgan fingerprint density at radius 1 is 1.24 bits per heavy atom. The van der Waals surface area contributed by atoms with Crippen LogP contribution in [0.3, 0.4) is 0 Å². The first kappa shape index (κ1) is 16.1. The Hall–Kier alpha value is -1.30. The summed E-state index contributed by atoms with van der Waals surface area (Å²) in [6, 6.07) is 11.0. The average molecular weight is 387 g/mol. The summed E-state index contributed by atoms with van der Waals surface area (Å²) in [5, 5.41) is 0.648. The van der Waals surface area contributed by atoms with Gasteiger partial charge in [0.25, 0.3) is 0 Å². The van der Waals surface area contributed by atoms with Crippen molar-refractivity contribution in [2.24, 2.45) is 5.73 Å². The molecule has 0 spiro atoms. The second-order valence-electron chi connectivity index (χ2n) is 4.26. The van der Waals surface area contributed by atoms with Crippen molar-refractivity contribution in [3.63, 3.8) is 0 Å². The second-order valence-corrected chi connectivity index (χ2v) is 5.99. The Labute approximate surface area is 142 Å². The number of ether oxygens (including phenoxy) is 2. The first-order chi connectivity index (χ1) is 10.0. The van der Waals surface area contributed by atoms with Crippen molar-refractivity contribution in [3.8, 4) is 11.5 Å². The molecule has 6 heteroatoms. The number of methoxy groups -OCH3 is 1. The first-order valence-electron chi connectivity index (χ1n) is 6.06. The lowest BCUT2D eigenvalue weighted by atomic mass is 10.1. The molecule has 3 nitrogen and oxygen atoms in total. The van der Waals surface area contributed by atoms with Crippen LogP contribution in [-0.4, -0.2) is 12.1 Å². The molecule has 0 saturated carbocycles. The predicted octanol–water partition coefficient (Wildman–Crippen LogP) is 4.32. The molecule has 2 N–H and O–H groups in total. The van der Waals surface area contributed by atoms with Gasteiger partial charge in [0, 0.05) is 5.02 Å². The quantitative estimate of drug-likeness (QED) is 0.777. The summed E-state index contributed by atoms with van der Waals surface area (Å²) in [5.74, 6) is 1.37. The van der Waals surface area contributed by atoms with Gasteiger partial charge in [-0.1, -0.05) is 29.9 Å². The minimum Gasteiger partial charge on any atom is -0.496 e. The Morgan fingerprint density at radius 2 is 1.95 bits per heavy atom. The van der Waals surface area contributed by atoms with E-state index in [0.717, 1.165) is 10.0 Å². The molecule has 2 aromatic rings. The van der Waals surface area contributed by atoms with Crippen LogP contribution in [0.25, 0.3) is 0 Å². The van der Waals surface area contributed by atoms with Gasteiger partial charge in [-0.2, -0.15) is 0 Å². The normalized spacial score (nSPS) is 10.2. The predicted molar refractivity (Wildman–Crippen MR) is 92.4 cm³/mol. The molecule has 0 unspecified atom stereocenters. The molecule has 0 aliphatic heterocycles. The van der Waals surface area contributed by atoms with E-state index in [0.29, 0.717) is 33.7 Å². The number of thiocarbonyl (C=S) groups is 1. The van der Waals surface area contributed by atoms with E-state index in [9.17, 15) is 0 Å². The Balaban J connectivity index is 2.16. The maximum Gasteiger partial charge on any atom is 0.134 e. The molecule has 110 valence electrons. The smallest absolute Gasteiger partial charge is 0.134 e. The van der Waals surface area contributed by atoms with Crippen LogP contribution in [0.5, 0.6) is 11.5 Å². The second kappa shape index (κ2) is 7.11. The van der Waals surface area contributed by atoms with Crippen molar-refractivity contribution in [1.82, 2.24) is 0 Å². The van der Waals surface area contributed by atoms with Crippen LogP contribution in [0.1, 0.15) is 11.1 Å². The number of nitrogens with two attached hydrogens (primary N) is 1. The first-order valence-corrected chi connectivity index (χ1v) is 7.63. The van der Waals surface area contributed by atoms with Gasteiger partial charge in [-0.15, -0.1) is 0 Å².